The lowest BCUT2D eigenvalue weighted by molar-refractivity contribution is 0.0785. The van der Waals surface area contributed by atoms with Crippen molar-refractivity contribution in [2.45, 2.75) is 44.8 Å². The molecule has 2 saturated heterocycles. The molecule has 10 nitrogen and oxygen atoms in total. The van der Waals surface area contributed by atoms with Gasteiger partial charge in [0.05, 0.1) is 11.8 Å². The summed E-state index contributed by atoms with van der Waals surface area (Å²) in [5.74, 6) is 0.547. The number of carbonyl (C=O) groups excluding carboxylic acids is 2. The number of carbonyl (C=O) groups is 2. The number of hydrogen-bond donors (Lipinski definition) is 3. The van der Waals surface area contributed by atoms with Crippen molar-refractivity contribution in [1.29, 1.82) is 0 Å². The quantitative estimate of drug-likeness (QED) is 0.193. The van der Waals surface area contributed by atoms with Gasteiger partial charge in [-0.25, -0.2) is 4.98 Å². The number of hydrogen-bond acceptors (Lipinski definition) is 7. The number of benzene rings is 3. The first-order chi connectivity index (χ1) is 24.2. The van der Waals surface area contributed by atoms with Crippen LogP contribution in [-0.4, -0.2) is 81.7 Å². The van der Waals surface area contributed by atoms with Crippen molar-refractivity contribution in [2.75, 3.05) is 39.0 Å². The second-order valence-corrected chi connectivity index (χ2v) is 14.0. The Labute approximate surface area is 293 Å². The topological polar surface area (TPSA) is 121 Å². The number of piperidine rings is 1. The van der Waals surface area contributed by atoms with Crippen LogP contribution in [0.4, 0.5) is 5.82 Å². The van der Waals surface area contributed by atoms with Crippen LogP contribution in [0.1, 0.15) is 52.5 Å². The summed E-state index contributed by atoms with van der Waals surface area (Å²) >= 11 is 0. The number of fused-ring (bicyclic) bond motifs is 1. The van der Waals surface area contributed by atoms with Crippen LogP contribution in [0, 0.1) is 5.92 Å². The Bertz CT molecular complexity index is 2000. The van der Waals surface area contributed by atoms with E-state index in [4.69, 9.17) is 5.73 Å². The maximum absolute atomic E-state index is 13.9. The maximum atomic E-state index is 13.9. The highest BCUT2D eigenvalue weighted by Gasteiger charge is 2.30. The number of aromatic nitrogens is 3. The number of aryl methyl sites for hydroxylation is 1. The molecule has 3 aromatic carbocycles. The minimum absolute atomic E-state index is 0.0376. The fourth-order valence-electron chi connectivity index (χ4n) is 7.41. The molecule has 10 heteroatoms. The van der Waals surface area contributed by atoms with Crippen molar-refractivity contribution >= 4 is 28.4 Å². The van der Waals surface area contributed by atoms with E-state index in [1.807, 2.05) is 42.4 Å². The molecule has 0 spiro atoms. The van der Waals surface area contributed by atoms with Gasteiger partial charge in [0.2, 0.25) is 0 Å². The Morgan fingerprint density at radius 3 is 2.40 bits per heavy atom. The average molecular weight is 671 g/mol. The fraction of sp³-hybridized carbons (Fsp3) is 0.350. The van der Waals surface area contributed by atoms with Gasteiger partial charge in [0.25, 0.3) is 11.8 Å². The molecule has 5 aromatic rings. The summed E-state index contributed by atoms with van der Waals surface area (Å²) in [6.45, 7) is 6.49. The molecule has 0 aliphatic carbocycles. The zero-order valence-electron chi connectivity index (χ0n) is 29.1. The van der Waals surface area contributed by atoms with E-state index in [1.54, 1.807) is 23.1 Å². The van der Waals surface area contributed by atoms with Crippen LogP contribution in [0.5, 0.6) is 0 Å². The SMILES string of the molecule is CC(NCc1ccc(-c2cccc3c(C(=O)N4CC[C@@H](NC(=O)c5cc(-c6cnn(C)c6)cnc5N)C4)cccc23)cc1)C1CCN(C)CC1. The number of pyridine rings is 1. The molecule has 2 aliphatic rings. The summed E-state index contributed by atoms with van der Waals surface area (Å²) in [5.41, 5.74) is 12.2. The van der Waals surface area contributed by atoms with Crippen molar-refractivity contribution in [1.82, 2.24) is 35.2 Å². The highest BCUT2D eigenvalue weighted by atomic mass is 16.2. The second-order valence-electron chi connectivity index (χ2n) is 14.0. The van der Waals surface area contributed by atoms with Crippen LogP contribution in [0.3, 0.4) is 0 Å². The fourth-order valence-corrected chi connectivity index (χ4v) is 7.41. The Morgan fingerprint density at radius 2 is 1.64 bits per heavy atom. The van der Waals surface area contributed by atoms with Crippen molar-refractivity contribution in [3.63, 3.8) is 0 Å². The summed E-state index contributed by atoms with van der Waals surface area (Å²) in [7, 11) is 4.04. The molecule has 0 bridgehead atoms. The molecule has 4 N–H and O–H groups in total. The van der Waals surface area contributed by atoms with E-state index < -0.39 is 0 Å². The number of likely N-dealkylation sites (tertiary alicyclic amines) is 2. The van der Waals surface area contributed by atoms with Gasteiger partial charge in [-0.2, -0.15) is 5.10 Å². The summed E-state index contributed by atoms with van der Waals surface area (Å²) < 4.78 is 1.69. The Morgan fingerprint density at radius 1 is 0.880 bits per heavy atom. The van der Waals surface area contributed by atoms with E-state index in [-0.39, 0.29) is 23.7 Å². The number of rotatable bonds is 9. The number of nitrogens with zero attached hydrogens (tertiary/aromatic N) is 5. The average Bonchev–Trinajstić information content (AvgIpc) is 3.79. The molecule has 2 atom stereocenters. The van der Waals surface area contributed by atoms with E-state index in [2.05, 4.69) is 76.0 Å². The Kier molecular flexibility index (Phi) is 9.65. The molecule has 50 heavy (non-hydrogen) atoms. The molecular formula is C40H46N8O2. The molecule has 0 radical (unpaired) electrons. The van der Waals surface area contributed by atoms with E-state index >= 15 is 0 Å². The van der Waals surface area contributed by atoms with E-state index in [1.165, 1.54) is 31.5 Å². The van der Waals surface area contributed by atoms with Gasteiger partial charge < -0.3 is 26.2 Å². The van der Waals surface area contributed by atoms with Gasteiger partial charge in [-0.05, 0) is 91.8 Å². The van der Waals surface area contributed by atoms with Crippen LogP contribution in [0.25, 0.3) is 33.0 Å². The van der Waals surface area contributed by atoms with Gasteiger partial charge in [0, 0.05) is 67.8 Å². The van der Waals surface area contributed by atoms with E-state index in [9.17, 15) is 9.59 Å². The van der Waals surface area contributed by atoms with Gasteiger partial charge in [-0.1, -0.05) is 54.6 Å². The number of nitrogens with two attached hydrogens (primary N) is 1. The largest absolute Gasteiger partial charge is 0.383 e. The minimum atomic E-state index is -0.302. The smallest absolute Gasteiger partial charge is 0.255 e. The van der Waals surface area contributed by atoms with Gasteiger partial charge in [0.1, 0.15) is 5.82 Å². The maximum Gasteiger partial charge on any atom is 0.255 e. The van der Waals surface area contributed by atoms with Crippen LogP contribution in [0.15, 0.2) is 85.3 Å². The molecule has 2 aliphatic heterocycles. The first kappa shape index (κ1) is 33.4. The Balaban J connectivity index is 1.01. The van der Waals surface area contributed by atoms with Crippen LogP contribution < -0.4 is 16.4 Å². The molecule has 7 rings (SSSR count). The third-order valence-electron chi connectivity index (χ3n) is 10.5. The van der Waals surface area contributed by atoms with E-state index in [0.29, 0.717) is 36.7 Å². The molecule has 0 saturated carbocycles. The Hall–Kier alpha value is -5.06. The van der Waals surface area contributed by atoms with Crippen molar-refractivity contribution in [3.05, 3.63) is 102 Å². The number of anilines is 1. The lowest BCUT2D eigenvalue weighted by atomic mass is 9.90. The molecule has 2 amide bonds. The highest BCUT2D eigenvalue weighted by molar-refractivity contribution is 6.10. The first-order valence-corrected chi connectivity index (χ1v) is 17.6. The van der Waals surface area contributed by atoms with E-state index in [0.717, 1.165) is 45.5 Å². The normalized spacial score (nSPS) is 17.7. The molecule has 4 heterocycles. The van der Waals surface area contributed by atoms with Crippen LogP contribution in [-0.2, 0) is 13.6 Å². The predicted octanol–water partition coefficient (Wildman–Crippen LogP) is 5.35. The predicted molar refractivity (Wildman–Crippen MR) is 199 cm³/mol. The summed E-state index contributed by atoms with van der Waals surface area (Å²) in [6.07, 6.45) is 8.37. The zero-order chi connectivity index (χ0) is 34.8. The number of amides is 2. The molecule has 1 unspecified atom stereocenters. The van der Waals surface area contributed by atoms with Gasteiger partial charge >= 0.3 is 0 Å². The lowest BCUT2D eigenvalue weighted by Crippen LogP contribution is -2.40. The first-order valence-electron chi connectivity index (χ1n) is 17.6. The van der Waals surface area contributed by atoms with Gasteiger partial charge in [-0.3, -0.25) is 14.3 Å². The third kappa shape index (κ3) is 7.13. The van der Waals surface area contributed by atoms with Crippen molar-refractivity contribution < 1.29 is 9.59 Å². The van der Waals surface area contributed by atoms with Crippen LogP contribution in [0.2, 0.25) is 0 Å². The summed E-state index contributed by atoms with van der Waals surface area (Å²) in [6, 6.07) is 22.9. The molecule has 258 valence electrons. The zero-order valence-corrected chi connectivity index (χ0v) is 29.1. The molecule has 2 fully saturated rings. The lowest BCUT2D eigenvalue weighted by Gasteiger charge is -2.33. The summed E-state index contributed by atoms with van der Waals surface area (Å²) in [4.78, 5) is 35.7. The monoisotopic (exact) mass is 670 g/mol. The highest BCUT2D eigenvalue weighted by Crippen LogP contribution is 2.32. The summed E-state index contributed by atoms with van der Waals surface area (Å²) in [5, 5.41) is 13.0. The van der Waals surface area contributed by atoms with Gasteiger partial charge in [0.15, 0.2) is 0 Å². The minimum Gasteiger partial charge on any atom is -0.383 e. The van der Waals surface area contributed by atoms with Gasteiger partial charge in [-0.15, -0.1) is 0 Å². The molecule has 2 aromatic heterocycles. The third-order valence-corrected chi connectivity index (χ3v) is 10.5. The van der Waals surface area contributed by atoms with Crippen molar-refractivity contribution in [2.24, 2.45) is 13.0 Å². The van der Waals surface area contributed by atoms with Crippen LogP contribution >= 0.6 is 0 Å². The standard InChI is InChI=1S/C40H46N8O2/c1-26(28-14-17-46(2)18-15-28)42-21-27-10-12-29(13-11-27)33-6-4-8-35-34(33)7-5-9-36(35)40(50)48-19-16-32(25-48)45-39(49)37-20-30(22-43-38(37)41)31-23-44-47(3)24-31/h4-13,20,22-24,26,28,32,42H,14-19,21,25H2,1-3H3,(H2,41,43)(H,45,49)/t26?,32-/m1/s1. The number of nitrogen functional groups attached to an aromatic ring is 1. The van der Waals surface area contributed by atoms with Crippen molar-refractivity contribution in [3.8, 4) is 22.3 Å². The number of nitrogens with one attached hydrogen (secondary N) is 2. The molecular weight excluding hydrogens is 624 g/mol. The second kappa shape index (κ2) is 14.4.